The van der Waals surface area contributed by atoms with Crippen molar-refractivity contribution in [3.8, 4) is 5.75 Å². The van der Waals surface area contributed by atoms with Gasteiger partial charge in [-0.1, -0.05) is 37.3 Å². The first kappa shape index (κ1) is 21.4. The van der Waals surface area contributed by atoms with Gasteiger partial charge in [0.1, 0.15) is 5.75 Å². The molecule has 0 aliphatic carbocycles. The predicted molar refractivity (Wildman–Crippen MR) is 113 cm³/mol. The third-order valence-electron chi connectivity index (χ3n) is 6.32. The molecule has 6 heteroatoms. The molecule has 0 aromatic heterocycles. The van der Waals surface area contributed by atoms with E-state index in [-0.39, 0.29) is 29.8 Å². The summed E-state index contributed by atoms with van der Waals surface area (Å²) in [6.07, 6.45) is 7.02. The van der Waals surface area contributed by atoms with E-state index in [0.29, 0.717) is 6.54 Å². The molecule has 0 saturated carbocycles. The Kier molecular flexibility index (Phi) is 6.96. The molecule has 2 aliphatic heterocycles. The van der Waals surface area contributed by atoms with E-state index in [0.717, 1.165) is 50.2 Å². The van der Waals surface area contributed by atoms with E-state index in [1.54, 1.807) is 7.11 Å². The number of carbonyl (C=O) groups is 2. The van der Waals surface area contributed by atoms with Gasteiger partial charge in [-0.15, -0.1) is 0 Å². The van der Waals surface area contributed by atoms with Crippen LogP contribution in [0.5, 0.6) is 5.75 Å². The third kappa shape index (κ3) is 4.32. The lowest BCUT2D eigenvalue weighted by atomic mass is 9.76. The molecule has 2 saturated heterocycles. The molecule has 1 atom stereocenters. The number of likely N-dealkylation sites (tertiary alicyclic amines) is 2. The largest absolute Gasteiger partial charge is 0.496 e. The van der Waals surface area contributed by atoms with Gasteiger partial charge in [0.25, 0.3) is 0 Å². The summed E-state index contributed by atoms with van der Waals surface area (Å²) in [6, 6.07) is 7.95. The minimum absolute atomic E-state index is 0.0896. The molecule has 1 spiro atoms. The van der Waals surface area contributed by atoms with Gasteiger partial charge in [-0.3, -0.25) is 14.5 Å². The van der Waals surface area contributed by atoms with Crippen LogP contribution in [-0.4, -0.2) is 67.6 Å². The molecule has 2 heterocycles. The van der Waals surface area contributed by atoms with Crippen LogP contribution in [0.25, 0.3) is 6.08 Å². The van der Waals surface area contributed by atoms with Gasteiger partial charge in [-0.25, -0.2) is 0 Å². The van der Waals surface area contributed by atoms with Crippen LogP contribution in [0.2, 0.25) is 0 Å². The number of piperidine rings is 1. The molecule has 1 unspecified atom stereocenters. The highest BCUT2D eigenvalue weighted by Crippen LogP contribution is 2.44. The fraction of sp³-hybridized carbons (Fsp3) is 0.565. The maximum atomic E-state index is 12.6. The zero-order valence-corrected chi connectivity index (χ0v) is 17.7. The maximum absolute atomic E-state index is 12.6. The SMILES string of the molecule is CCCN1C(=O)CC(C(=O)OC)C12CCN(C/C=C/c1ccccc1OC)CC2. The Morgan fingerprint density at radius 2 is 1.97 bits per heavy atom. The van der Waals surface area contributed by atoms with Gasteiger partial charge in [0.05, 0.1) is 25.7 Å². The fourth-order valence-electron chi connectivity index (χ4n) is 4.80. The molecule has 0 N–H and O–H groups in total. The molecule has 1 aromatic rings. The molecular weight excluding hydrogens is 368 g/mol. The summed E-state index contributed by atoms with van der Waals surface area (Å²) in [6.45, 7) is 5.33. The number of esters is 1. The van der Waals surface area contributed by atoms with Crippen LogP contribution in [-0.2, 0) is 14.3 Å². The Morgan fingerprint density at radius 3 is 2.62 bits per heavy atom. The summed E-state index contributed by atoms with van der Waals surface area (Å²) in [5.41, 5.74) is 0.674. The van der Waals surface area contributed by atoms with Crippen LogP contribution in [0.15, 0.2) is 30.3 Å². The fourth-order valence-corrected chi connectivity index (χ4v) is 4.80. The highest BCUT2D eigenvalue weighted by atomic mass is 16.5. The van der Waals surface area contributed by atoms with Gasteiger partial charge in [0, 0.05) is 38.2 Å². The lowest BCUT2D eigenvalue weighted by Gasteiger charge is -2.47. The van der Waals surface area contributed by atoms with Crippen LogP contribution in [0.4, 0.5) is 0 Å². The second-order valence-corrected chi connectivity index (χ2v) is 7.87. The van der Waals surface area contributed by atoms with Gasteiger partial charge in [0.2, 0.25) is 5.91 Å². The topological polar surface area (TPSA) is 59.1 Å². The number of carbonyl (C=O) groups excluding carboxylic acids is 2. The van der Waals surface area contributed by atoms with Crippen molar-refractivity contribution in [2.24, 2.45) is 5.92 Å². The number of para-hydroxylation sites is 1. The third-order valence-corrected chi connectivity index (χ3v) is 6.32. The van der Waals surface area contributed by atoms with Crippen LogP contribution in [0.3, 0.4) is 0 Å². The van der Waals surface area contributed by atoms with Crippen molar-refractivity contribution >= 4 is 18.0 Å². The average Bonchev–Trinajstić information content (AvgIpc) is 3.01. The number of nitrogens with zero attached hydrogens (tertiary/aromatic N) is 2. The molecule has 158 valence electrons. The Bertz CT molecular complexity index is 753. The second kappa shape index (κ2) is 9.44. The zero-order valence-electron chi connectivity index (χ0n) is 17.7. The predicted octanol–water partition coefficient (Wildman–Crippen LogP) is 2.97. The van der Waals surface area contributed by atoms with Gasteiger partial charge in [-0.05, 0) is 25.3 Å². The number of hydrogen-bond donors (Lipinski definition) is 0. The average molecular weight is 401 g/mol. The first-order valence-electron chi connectivity index (χ1n) is 10.5. The highest BCUT2D eigenvalue weighted by molar-refractivity contribution is 5.89. The van der Waals surface area contributed by atoms with Gasteiger partial charge in [0.15, 0.2) is 0 Å². The van der Waals surface area contributed by atoms with E-state index in [4.69, 9.17) is 9.47 Å². The second-order valence-electron chi connectivity index (χ2n) is 7.87. The van der Waals surface area contributed by atoms with E-state index >= 15 is 0 Å². The van der Waals surface area contributed by atoms with Crippen molar-refractivity contribution in [3.63, 3.8) is 0 Å². The Balaban J connectivity index is 1.66. The Morgan fingerprint density at radius 1 is 1.24 bits per heavy atom. The van der Waals surface area contributed by atoms with Crippen molar-refractivity contribution in [2.75, 3.05) is 40.4 Å². The van der Waals surface area contributed by atoms with Crippen LogP contribution in [0, 0.1) is 5.92 Å². The van der Waals surface area contributed by atoms with Gasteiger partial charge < -0.3 is 14.4 Å². The van der Waals surface area contributed by atoms with Crippen LogP contribution < -0.4 is 4.74 Å². The number of amides is 1. The van der Waals surface area contributed by atoms with Crippen molar-refractivity contribution < 1.29 is 19.1 Å². The summed E-state index contributed by atoms with van der Waals surface area (Å²) in [7, 11) is 3.10. The molecule has 1 aromatic carbocycles. The van der Waals surface area contributed by atoms with E-state index in [1.807, 2.05) is 29.2 Å². The van der Waals surface area contributed by atoms with Crippen molar-refractivity contribution in [3.05, 3.63) is 35.9 Å². The molecule has 3 rings (SSSR count). The highest BCUT2D eigenvalue weighted by Gasteiger charge is 2.56. The molecule has 6 nitrogen and oxygen atoms in total. The van der Waals surface area contributed by atoms with Crippen molar-refractivity contribution in [1.29, 1.82) is 0 Å². The number of hydrogen-bond acceptors (Lipinski definition) is 5. The van der Waals surface area contributed by atoms with Gasteiger partial charge >= 0.3 is 5.97 Å². The van der Waals surface area contributed by atoms with Crippen molar-refractivity contribution in [2.45, 2.75) is 38.1 Å². The van der Waals surface area contributed by atoms with Crippen LogP contribution >= 0.6 is 0 Å². The number of rotatable bonds is 7. The van der Waals surface area contributed by atoms with E-state index in [1.165, 1.54) is 7.11 Å². The van der Waals surface area contributed by atoms with E-state index in [2.05, 4.69) is 24.0 Å². The normalized spacial score (nSPS) is 21.8. The van der Waals surface area contributed by atoms with Crippen molar-refractivity contribution in [1.82, 2.24) is 9.80 Å². The summed E-state index contributed by atoms with van der Waals surface area (Å²) in [5.74, 6) is 0.355. The molecular formula is C23H32N2O4. The molecule has 2 fully saturated rings. The molecule has 2 aliphatic rings. The maximum Gasteiger partial charge on any atom is 0.311 e. The molecule has 29 heavy (non-hydrogen) atoms. The summed E-state index contributed by atoms with van der Waals surface area (Å²) in [5, 5.41) is 0. The first-order valence-corrected chi connectivity index (χ1v) is 10.5. The minimum Gasteiger partial charge on any atom is -0.496 e. The standard InChI is InChI=1S/C23H32N2O4/c1-4-13-25-21(26)17-19(22(27)29-3)23(25)11-15-24(16-12-23)14-7-9-18-8-5-6-10-20(18)28-2/h5-10,19H,4,11-17H2,1-3H3/b9-7+. The smallest absolute Gasteiger partial charge is 0.311 e. The monoisotopic (exact) mass is 400 g/mol. The van der Waals surface area contributed by atoms with E-state index < -0.39 is 0 Å². The van der Waals surface area contributed by atoms with E-state index in [9.17, 15) is 9.59 Å². The molecule has 0 radical (unpaired) electrons. The number of ether oxygens (including phenoxy) is 2. The molecule has 0 bridgehead atoms. The molecule has 1 amide bonds. The Labute approximate surface area is 173 Å². The van der Waals surface area contributed by atoms with Crippen LogP contribution in [0.1, 0.15) is 38.2 Å². The zero-order chi connectivity index (χ0) is 20.9. The quantitative estimate of drug-likeness (QED) is 0.659. The van der Waals surface area contributed by atoms with Gasteiger partial charge in [-0.2, -0.15) is 0 Å². The lowest BCUT2D eigenvalue weighted by Crippen LogP contribution is -2.57. The Hall–Kier alpha value is -2.34. The first-order chi connectivity index (χ1) is 14.1. The number of methoxy groups -OCH3 is 2. The minimum atomic E-state index is -0.386. The lowest BCUT2D eigenvalue weighted by molar-refractivity contribution is -0.150. The summed E-state index contributed by atoms with van der Waals surface area (Å²) >= 11 is 0. The number of benzene rings is 1. The summed E-state index contributed by atoms with van der Waals surface area (Å²) < 4.78 is 10.4. The summed E-state index contributed by atoms with van der Waals surface area (Å²) in [4.78, 5) is 29.4.